The minimum Gasteiger partial charge on any atom is -0.464 e. The van der Waals surface area contributed by atoms with E-state index < -0.39 is 17.8 Å². The largest absolute Gasteiger partial charge is 0.464 e. The molecule has 0 radical (unpaired) electrons. The number of rotatable bonds is 4. The van der Waals surface area contributed by atoms with Gasteiger partial charge in [0.2, 0.25) is 0 Å². The van der Waals surface area contributed by atoms with Gasteiger partial charge in [0, 0.05) is 6.42 Å². The van der Waals surface area contributed by atoms with Gasteiger partial charge in [0.25, 0.3) is 6.47 Å². The molecule has 84 valence electrons. The molecule has 1 unspecified atom stereocenters. The molecule has 0 aliphatic carbocycles. The highest BCUT2D eigenvalue weighted by Gasteiger charge is 2.35. The first-order valence-electron chi connectivity index (χ1n) is 4.13. The molecule has 0 aliphatic rings. The molecule has 0 saturated carbocycles. The van der Waals surface area contributed by atoms with E-state index in [0.29, 0.717) is 6.20 Å². The zero-order valence-electron chi connectivity index (χ0n) is 7.84. The molecular weight excluding hydrogens is 213 g/mol. The first kappa shape index (κ1) is 11.5. The Morgan fingerprint density at radius 1 is 1.67 bits per heavy atom. The molecular formula is C8H9F3N2O2. The maximum atomic E-state index is 12.3. The van der Waals surface area contributed by atoms with Gasteiger partial charge >= 0.3 is 6.18 Å². The lowest BCUT2D eigenvalue weighted by Crippen LogP contribution is -2.15. The highest BCUT2D eigenvalue weighted by molar-refractivity contribution is 5.37. The predicted molar refractivity (Wildman–Crippen MR) is 43.9 cm³/mol. The molecule has 1 atom stereocenters. The summed E-state index contributed by atoms with van der Waals surface area (Å²) in [4.78, 5) is 9.96. The molecule has 1 N–H and O–H groups in total. The molecule has 0 aromatic carbocycles. The van der Waals surface area contributed by atoms with Crippen LogP contribution in [0.15, 0.2) is 6.20 Å². The van der Waals surface area contributed by atoms with E-state index in [4.69, 9.17) is 0 Å². The van der Waals surface area contributed by atoms with E-state index in [1.807, 2.05) is 0 Å². The highest BCUT2D eigenvalue weighted by atomic mass is 19.4. The van der Waals surface area contributed by atoms with Crippen LogP contribution in [-0.2, 0) is 22.1 Å². The number of aromatic amines is 1. The first-order valence-corrected chi connectivity index (χ1v) is 4.13. The molecule has 4 nitrogen and oxygen atoms in total. The van der Waals surface area contributed by atoms with Gasteiger partial charge in [-0.1, -0.05) is 0 Å². The molecule has 1 rings (SSSR count). The van der Waals surface area contributed by atoms with Crippen LogP contribution >= 0.6 is 0 Å². The molecule has 7 heteroatoms. The summed E-state index contributed by atoms with van der Waals surface area (Å²) in [6.07, 6.45) is -4.40. The SMILES string of the molecule is CC(Cc1[nH]ncc1C(F)(F)F)OC=O. The van der Waals surface area contributed by atoms with Crippen molar-refractivity contribution < 1.29 is 22.7 Å². The smallest absolute Gasteiger partial charge is 0.419 e. The van der Waals surface area contributed by atoms with Gasteiger partial charge in [-0.2, -0.15) is 18.3 Å². The number of H-pyrrole nitrogens is 1. The molecule has 0 bridgehead atoms. The number of carbonyl (C=O) groups is 1. The lowest BCUT2D eigenvalue weighted by molar-refractivity contribution is -0.138. The van der Waals surface area contributed by atoms with Gasteiger partial charge in [0.1, 0.15) is 6.10 Å². The number of carbonyl (C=O) groups excluding carboxylic acids is 1. The number of hydrogen-bond donors (Lipinski definition) is 1. The Morgan fingerprint density at radius 2 is 2.33 bits per heavy atom. The van der Waals surface area contributed by atoms with Crippen molar-refractivity contribution in [3.8, 4) is 0 Å². The van der Waals surface area contributed by atoms with Crippen molar-refractivity contribution in [2.24, 2.45) is 0 Å². The van der Waals surface area contributed by atoms with Crippen molar-refractivity contribution in [2.45, 2.75) is 25.6 Å². The van der Waals surface area contributed by atoms with E-state index in [2.05, 4.69) is 14.9 Å². The molecule has 0 aliphatic heterocycles. The van der Waals surface area contributed by atoms with Gasteiger partial charge in [-0.3, -0.25) is 9.89 Å². The van der Waals surface area contributed by atoms with Crippen LogP contribution in [0, 0.1) is 0 Å². The maximum absolute atomic E-state index is 12.3. The van der Waals surface area contributed by atoms with Crippen molar-refractivity contribution >= 4 is 6.47 Å². The molecule has 0 amide bonds. The third kappa shape index (κ3) is 2.97. The van der Waals surface area contributed by atoms with E-state index in [-0.39, 0.29) is 18.6 Å². The summed E-state index contributed by atoms with van der Waals surface area (Å²) < 4.78 is 41.5. The molecule has 1 aromatic heterocycles. The van der Waals surface area contributed by atoms with Crippen molar-refractivity contribution in [1.29, 1.82) is 0 Å². The Hall–Kier alpha value is -1.53. The molecule has 0 spiro atoms. The monoisotopic (exact) mass is 222 g/mol. The quantitative estimate of drug-likeness (QED) is 0.786. The van der Waals surface area contributed by atoms with Gasteiger partial charge in [-0.25, -0.2) is 0 Å². The summed E-state index contributed by atoms with van der Waals surface area (Å²) in [5, 5.41) is 5.55. The molecule has 0 fully saturated rings. The summed E-state index contributed by atoms with van der Waals surface area (Å²) in [7, 11) is 0. The summed E-state index contributed by atoms with van der Waals surface area (Å²) in [5.74, 6) is 0. The number of hydrogen-bond acceptors (Lipinski definition) is 3. The van der Waals surface area contributed by atoms with E-state index in [0.717, 1.165) is 0 Å². The first-order chi connectivity index (χ1) is 6.95. The van der Waals surface area contributed by atoms with E-state index in [9.17, 15) is 18.0 Å². The van der Waals surface area contributed by atoms with Crippen LogP contribution in [-0.4, -0.2) is 22.8 Å². The Labute approximate surface area is 83.4 Å². The normalized spacial score (nSPS) is 13.6. The fraction of sp³-hybridized carbons (Fsp3) is 0.500. The second-order valence-corrected chi connectivity index (χ2v) is 3.01. The van der Waals surface area contributed by atoms with Crippen molar-refractivity contribution in [3.63, 3.8) is 0 Å². The second kappa shape index (κ2) is 4.33. The second-order valence-electron chi connectivity index (χ2n) is 3.01. The van der Waals surface area contributed by atoms with Gasteiger partial charge in [0.15, 0.2) is 0 Å². The fourth-order valence-corrected chi connectivity index (χ4v) is 1.14. The Morgan fingerprint density at radius 3 is 2.87 bits per heavy atom. The number of nitrogens with zero attached hydrogens (tertiary/aromatic N) is 1. The van der Waals surface area contributed by atoms with Crippen molar-refractivity contribution in [3.05, 3.63) is 17.5 Å². The van der Waals surface area contributed by atoms with Gasteiger partial charge < -0.3 is 4.74 Å². The number of halogens is 3. The van der Waals surface area contributed by atoms with Crippen molar-refractivity contribution in [1.82, 2.24) is 10.2 Å². The highest BCUT2D eigenvalue weighted by Crippen LogP contribution is 2.31. The number of nitrogens with one attached hydrogen (secondary N) is 1. The third-order valence-electron chi connectivity index (χ3n) is 1.80. The van der Waals surface area contributed by atoms with Crippen LogP contribution in [0.1, 0.15) is 18.2 Å². The van der Waals surface area contributed by atoms with Crippen LogP contribution in [0.5, 0.6) is 0 Å². The molecule has 1 aromatic rings. The summed E-state index contributed by atoms with van der Waals surface area (Å²) >= 11 is 0. The van der Waals surface area contributed by atoms with Gasteiger partial charge in [-0.15, -0.1) is 0 Å². The third-order valence-corrected chi connectivity index (χ3v) is 1.80. The average Bonchev–Trinajstić information content (AvgIpc) is 2.51. The minimum absolute atomic E-state index is 0.0480. The van der Waals surface area contributed by atoms with Crippen molar-refractivity contribution in [2.75, 3.05) is 0 Å². The van der Waals surface area contributed by atoms with Crippen LogP contribution < -0.4 is 0 Å². The lowest BCUT2D eigenvalue weighted by atomic mass is 10.1. The van der Waals surface area contributed by atoms with E-state index in [1.54, 1.807) is 0 Å². The predicted octanol–water partition coefficient (Wildman–Crippen LogP) is 1.53. The maximum Gasteiger partial charge on any atom is 0.419 e. The standard InChI is InChI=1S/C8H9F3N2O2/c1-5(15-4-14)2-7-6(3-12-13-7)8(9,10)11/h3-5H,2H2,1H3,(H,12,13). The molecule has 1 heterocycles. The Bertz CT molecular complexity index is 335. The number of aromatic nitrogens is 2. The number of alkyl halides is 3. The van der Waals surface area contributed by atoms with Crippen LogP contribution in [0.3, 0.4) is 0 Å². The fourth-order valence-electron chi connectivity index (χ4n) is 1.14. The Kier molecular flexibility index (Phi) is 3.33. The summed E-state index contributed by atoms with van der Waals surface area (Å²) in [6.45, 7) is 1.70. The summed E-state index contributed by atoms with van der Waals surface area (Å²) in [6, 6.07) is 0. The van der Waals surface area contributed by atoms with Crippen LogP contribution in [0.25, 0.3) is 0 Å². The molecule has 15 heavy (non-hydrogen) atoms. The molecule has 0 saturated heterocycles. The van der Waals surface area contributed by atoms with E-state index in [1.165, 1.54) is 6.92 Å². The van der Waals surface area contributed by atoms with Gasteiger partial charge in [0.05, 0.1) is 17.5 Å². The zero-order chi connectivity index (χ0) is 11.5. The minimum atomic E-state index is -4.44. The van der Waals surface area contributed by atoms with Crippen LogP contribution in [0.2, 0.25) is 0 Å². The van der Waals surface area contributed by atoms with Gasteiger partial charge in [-0.05, 0) is 6.92 Å². The summed E-state index contributed by atoms with van der Waals surface area (Å²) in [5.41, 5.74) is -0.916. The Balaban J connectivity index is 2.78. The van der Waals surface area contributed by atoms with E-state index >= 15 is 0 Å². The zero-order valence-corrected chi connectivity index (χ0v) is 7.84. The number of ether oxygens (including phenoxy) is 1. The lowest BCUT2D eigenvalue weighted by Gasteiger charge is -2.10. The van der Waals surface area contributed by atoms with Crippen LogP contribution in [0.4, 0.5) is 13.2 Å². The average molecular weight is 222 g/mol. The topological polar surface area (TPSA) is 55.0 Å².